The average molecular weight is 280 g/mol. The summed E-state index contributed by atoms with van der Waals surface area (Å²) in [5, 5.41) is 3.83. The second-order valence-corrected chi connectivity index (χ2v) is 7.56. The molecular formula is C18H36N2. The van der Waals surface area contributed by atoms with Crippen molar-refractivity contribution in [1.29, 1.82) is 0 Å². The van der Waals surface area contributed by atoms with E-state index in [2.05, 4.69) is 31.0 Å². The molecule has 2 aliphatic rings. The van der Waals surface area contributed by atoms with E-state index in [0.717, 1.165) is 17.9 Å². The lowest BCUT2D eigenvalue weighted by atomic mass is 9.89. The van der Waals surface area contributed by atoms with E-state index < -0.39 is 0 Å². The predicted octanol–water partition coefficient (Wildman–Crippen LogP) is 4.06. The summed E-state index contributed by atoms with van der Waals surface area (Å²) in [6, 6.07) is 1.52. The van der Waals surface area contributed by atoms with Gasteiger partial charge in [0.05, 0.1) is 0 Å². The van der Waals surface area contributed by atoms with E-state index in [9.17, 15) is 0 Å². The van der Waals surface area contributed by atoms with Crippen molar-refractivity contribution < 1.29 is 0 Å². The van der Waals surface area contributed by atoms with Crippen LogP contribution in [0.15, 0.2) is 0 Å². The molecule has 0 aromatic heterocycles. The summed E-state index contributed by atoms with van der Waals surface area (Å²) >= 11 is 0. The van der Waals surface area contributed by atoms with Crippen molar-refractivity contribution >= 4 is 0 Å². The first-order valence-electron chi connectivity index (χ1n) is 9.14. The minimum absolute atomic E-state index is 0.711. The highest BCUT2D eigenvalue weighted by atomic mass is 15.2. The van der Waals surface area contributed by atoms with Gasteiger partial charge in [-0.05, 0) is 64.0 Å². The van der Waals surface area contributed by atoms with Gasteiger partial charge in [0.2, 0.25) is 0 Å². The second kappa shape index (κ2) is 8.38. The fraction of sp³-hybridized carbons (Fsp3) is 1.00. The zero-order valence-electron chi connectivity index (χ0n) is 14.0. The smallest absolute Gasteiger partial charge is 0.0192 e. The third-order valence-electron chi connectivity index (χ3n) is 5.68. The van der Waals surface area contributed by atoms with Crippen molar-refractivity contribution in [1.82, 2.24) is 10.2 Å². The second-order valence-electron chi connectivity index (χ2n) is 7.56. The van der Waals surface area contributed by atoms with Crippen LogP contribution < -0.4 is 5.32 Å². The van der Waals surface area contributed by atoms with E-state index in [1.165, 1.54) is 71.0 Å². The molecule has 2 unspecified atom stereocenters. The summed E-state index contributed by atoms with van der Waals surface area (Å²) in [4.78, 5) is 2.73. The zero-order chi connectivity index (χ0) is 14.4. The Kier molecular flexibility index (Phi) is 6.83. The van der Waals surface area contributed by atoms with E-state index in [4.69, 9.17) is 0 Å². The van der Waals surface area contributed by atoms with Crippen LogP contribution in [-0.2, 0) is 0 Å². The predicted molar refractivity (Wildman–Crippen MR) is 88.1 cm³/mol. The molecule has 118 valence electrons. The lowest BCUT2D eigenvalue weighted by Crippen LogP contribution is -2.44. The summed E-state index contributed by atoms with van der Waals surface area (Å²) in [5.74, 6) is 1.82. The van der Waals surface area contributed by atoms with Crippen LogP contribution in [0.1, 0.15) is 72.1 Å². The van der Waals surface area contributed by atoms with Crippen LogP contribution in [0.2, 0.25) is 0 Å². The van der Waals surface area contributed by atoms with Gasteiger partial charge in [0.15, 0.2) is 0 Å². The normalized spacial score (nSPS) is 28.5. The molecule has 1 aliphatic carbocycles. The van der Waals surface area contributed by atoms with Gasteiger partial charge in [0.1, 0.15) is 0 Å². The SMILES string of the molecule is CC(C)C1CCCN(C(C)CNC2CCCCC2)CC1. The molecule has 2 heteroatoms. The number of nitrogens with zero attached hydrogens (tertiary/aromatic N) is 1. The molecule has 20 heavy (non-hydrogen) atoms. The molecule has 0 aromatic rings. The molecule has 1 aliphatic heterocycles. The van der Waals surface area contributed by atoms with Crippen LogP contribution in [0.4, 0.5) is 0 Å². The standard InChI is InChI=1S/C18H36N2/c1-15(2)17-8-7-12-20(13-11-17)16(3)14-19-18-9-5-4-6-10-18/h15-19H,4-14H2,1-3H3. The Balaban J connectivity index is 1.70. The molecule has 2 nitrogen and oxygen atoms in total. The fourth-order valence-electron chi connectivity index (χ4n) is 4.02. The minimum Gasteiger partial charge on any atom is -0.312 e. The molecular weight excluding hydrogens is 244 g/mol. The number of rotatable bonds is 5. The quantitative estimate of drug-likeness (QED) is 0.817. The molecule has 0 radical (unpaired) electrons. The van der Waals surface area contributed by atoms with Crippen molar-refractivity contribution in [2.45, 2.75) is 84.2 Å². The van der Waals surface area contributed by atoms with Gasteiger partial charge >= 0.3 is 0 Å². The summed E-state index contributed by atoms with van der Waals surface area (Å²) in [6.07, 6.45) is 11.4. The van der Waals surface area contributed by atoms with Crippen molar-refractivity contribution in [3.8, 4) is 0 Å². The number of nitrogens with one attached hydrogen (secondary N) is 1. The van der Waals surface area contributed by atoms with Gasteiger partial charge in [-0.15, -0.1) is 0 Å². The summed E-state index contributed by atoms with van der Waals surface area (Å²) < 4.78 is 0. The summed E-state index contributed by atoms with van der Waals surface area (Å²) in [5.41, 5.74) is 0. The Morgan fingerprint density at radius 2 is 1.65 bits per heavy atom. The topological polar surface area (TPSA) is 15.3 Å². The van der Waals surface area contributed by atoms with E-state index in [1.807, 2.05) is 0 Å². The summed E-state index contributed by atoms with van der Waals surface area (Å²) in [7, 11) is 0. The highest BCUT2D eigenvalue weighted by Gasteiger charge is 2.23. The molecule has 1 heterocycles. The molecule has 1 saturated heterocycles. The number of hydrogen-bond donors (Lipinski definition) is 1. The van der Waals surface area contributed by atoms with Crippen molar-refractivity contribution in [3.05, 3.63) is 0 Å². The van der Waals surface area contributed by atoms with E-state index in [-0.39, 0.29) is 0 Å². The zero-order valence-corrected chi connectivity index (χ0v) is 14.0. The Morgan fingerprint density at radius 1 is 0.900 bits per heavy atom. The molecule has 0 amide bonds. The molecule has 1 saturated carbocycles. The first-order valence-corrected chi connectivity index (χ1v) is 9.14. The number of hydrogen-bond acceptors (Lipinski definition) is 2. The van der Waals surface area contributed by atoms with Gasteiger partial charge in [0, 0.05) is 18.6 Å². The monoisotopic (exact) mass is 280 g/mol. The maximum absolute atomic E-state index is 3.83. The lowest BCUT2D eigenvalue weighted by molar-refractivity contribution is 0.198. The Hall–Kier alpha value is -0.0800. The third-order valence-corrected chi connectivity index (χ3v) is 5.68. The van der Waals surface area contributed by atoms with Crippen molar-refractivity contribution in [2.24, 2.45) is 11.8 Å². The van der Waals surface area contributed by atoms with Gasteiger partial charge < -0.3 is 5.32 Å². The van der Waals surface area contributed by atoms with Crippen LogP contribution in [0.25, 0.3) is 0 Å². The van der Waals surface area contributed by atoms with Crippen LogP contribution in [-0.4, -0.2) is 36.6 Å². The maximum atomic E-state index is 3.83. The summed E-state index contributed by atoms with van der Waals surface area (Å²) in [6.45, 7) is 11.0. The minimum atomic E-state index is 0.711. The van der Waals surface area contributed by atoms with Gasteiger partial charge in [-0.3, -0.25) is 4.90 Å². The van der Waals surface area contributed by atoms with Crippen molar-refractivity contribution in [2.75, 3.05) is 19.6 Å². The van der Waals surface area contributed by atoms with Crippen molar-refractivity contribution in [3.63, 3.8) is 0 Å². The Bertz CT molecular complexity index is 258. The highest BCUT2D eigenvalue weighted by Crippen LogP contribution is 2.25. The fourth-order valence-corrected chi connectivity index (χ4v) is 4.02. The number of likely N-dealkylation sites (tertiary alicyclic amines) is 1. The maximum Gasteiger partial charge on any atom is 0.0192 e. The molecule has 2 rings (SSSR count). The van der Waals surface area contributed by atoms with Crippen LogP contribution in [0, 0.1) is 11.8 Å². The first-order chi connectivity index (χ1) is 9.66. The van der Waals surface area contributed by atoms with Gasteiger partial charge in [-0.25, -0.2) is 0 Å². The highest BCUT2D eigenvalue weighted by molar-refractivity contribution is 4.79. The van der Waals surface area contributed by atoms with E-state index in [1.54, 1.807) is 0 Å². The average Bonchev–Trinajstić information content (AvgIpc) is 2.72. The Labute approximate surface area is 126 Å². The van der Waals surface area contributed by atoms with Crippen LogP contribution in [0.3, 0.4) is 0 Å². The molecule has 0 aromatic carbocycles. The largest absolute Gasteiger partial charge is 0.312 e. The first kappa shape index (κ1) is 16.3. The van der Waals surface area contributed by atoms with Crippen LogP contribution >= 0.6 is 0 Å². The third kappa shape index (κ3) is 5.04. The van der Waals surface area contributed by atoms with E-state index in [0.29, 0.717) is 6.04 Å². The van der Waals surface area contributed by atoms with Gasteiger partial charge in [-0.1, -0.05) is 33.1 Å². The van der Waals surface area contributed by atoms with Gasteiger partial charge in [-0.2, -0.15) is 0 Å². The molecule has 0 spiro atoms. The molecule has 2 atom stereocenters. The van der Waals surface area contributed by atoms with E-state index >= 15 is 0 Å². The van der Waals surface area contributed by atoms with Crippen LogP contribution in [0.5, 0.6) is 0 Å². The molecule has 2 fully saturated rings. The molecule has 0 bridgehead atoms. The Morgan fingerprint density at radius 3 is 2.35 bits per heavy atom. The van der Waals surface area contributed by atoms with Gasteiger partial charge in [0.25, 0.3) is 0 Å². The molecule has 1 N–H and O–H groups in total. The lowest BCUT2D eigenvalue weighted by Gasteiger charge is -2.31.